The van der Waals surface area contributed by atoms with Gasteiger partial charge in [0.15, 0.2) is 0 Å². The van der Waals surface area contributed by atoms with Crippen LogP contribution >= 0.6 is 11.6 Å². The zero-order valence-corrected chi connectivity index (χ0v) is 16.5. The number of hydrogen-bond acceptors (Lipinski definition) is 6. The number of amides is 1. The van der Waals surface area contributed by atoms with Crippen molar-refractivity contribution in [3.8, 4) is 5.75 Å². The molecule has 7 nitrogen and oxygen atoms in total. The highest BCUT2D eigenvalue weighted by molar-refractivity contribution is 6.32. The summed E-state index contributed by atoms with van der Waals surface area (Å²) in [6, 6.07) is 14.6. The lowest BCUT2D eigenvalue weighted by atomic mass is 10.2. The average molecular weight is 398 g/mol. The van der Waals surface area contributed by atoms with Crippen LogP contribution in [0.2, 0.25) is 5.02 Å². The Labute approximate surface area is 168 Å². The van der Waals surface area contributed by atoms with Crippen LogP contribution in [0.3, 0.4) is 0 Å². The van der Waals surface area contributed by atoms with Crippen molar-refractivity contribution in [1.29, 1.82) is 0 Å². The average Bonchev–Trinajstić information content (AvgIpc) is 2.63. The summed E-state index contributed by atoms with van der Waals surface area (Å²) in [4.78, 5) is 20.0. The third kappa shape index (κ3) is 5.11. The summed E-state index contributed by atoms with van der Waals surface area (Å²) in [6.07, 6.45) is 0. The molecule has 0 fully saturated rings. The fourth-order valence-electron chi connectivity index (χ4n) is 2.55. The Balaban J connectivity index is 1.76. The van der Waals surface area contributed by atoms with Gasteiger partial charge in [0.05, 0.1) is 12.1 Å². The maximum Gasteiger partial charge on any atom is 0.229 e. The smallest absolute Gasteiger partial charge is 0.229 e. The van der Waals surface area contributed by atoms with Gasteiger partial charge in [-0.25, -0.2) is 4.98 Å². The molecule has 0 saturated heterocycles. The van der Waals surface area contributed by atoms with Gasteiger partial charge in [-0.2, -0.15) is 4.98 Å². The van der Waals surface area contributed by atoms with Crippen molar-refractivity contribution in [2.75, 3.05) is 23.1 Å². The Morgan fingerprint density at radius 2 is 1.64 bits per heavy atom. The van der Waals surface area contributed by atoms with Gasteiger partial charge in [0.1, 0.15) is 11.6 Å². The van der Waals surface area contributed by atoms with Gasteiger partial charge in [0, 0.05) is 35.7 Å². The van der Waals surface area contributed by atoms with E-state index in [-0.39, 0.29) is 5.91 Å². The van der Waals surface area contributed by atoms with Gasteiger partial charge in [-0.1, -0.05) is 11.6 Å². The summed E-state index contributed by atoms with van der Waals surface area (Å²) in [5, 5.41) is 9.61. The van der Waals surface area contributed by atoms with Crippen LogP contribution in [0.25, 0.3) is 0 Å². The largest absolute Gasteiger partial charge is 0.495 e. The van der Waals surface area contributed by atoms with E-state index in [1.54, 1.807) is 19.2 Å². The van der Waals surface area contributed by atoms with Crippen LogP contribution < -0.4 is 20.7 Å². The highest BCUT2D eigenvalue weighted by Gasteiger charge is 2.06. The molecule has 0 aliphatic carbocycles. The molecular formula is C20H20ClN5O2. The van der Waals surface area contributed by atoms with E-state index >= 15 is 0 Å². The molecule has 144 valence electrons. The number of carbonyl (C=O) groups is 1. The molecule has 0 aliphatic rings. The maximum atomic E-state index is 11.1. The third-order valence-corrected chi connectivity index (χ3v) is 4.04. The van der Waals surface area contributed by atoms with Gasteiger partial charge >= 0.3 is 0 Å². The van der Waals surface area contributed by atoms with Gasteiger partial charge in [-0.15, -0.1) is 0 Å². The molecule has 2 aromatic carbocycles. The Morgan fingerprint density at radius 1 is 0.964 bits per heavy atom. The Bertz CT molecular complexity index is 992. The molecule has 28 heavy (non-hydrogen) atoms. The highest BCUT2D eigenvalue weighted by atomic mass is 35.5. The van der Waals surface area contributed by atoms with E-state index in [2.05, 4.69) is 25.9 Å². The number of carbonyl (C=O) groups excluding carboxylic acids is 1. The van der Waals surface area contributed by atoms with E-state index in [9.17, 15) is 4.79 Å². The molecule has 0 radical (unpaired) electrons. The number of rotatable bonds is 6. The predicted octanol–water partition coefficient (Wildman–Crippen LogP) is 4.89. The molecule has 0 atom stereocenters. The summed E-state index contributed by atoms with van der Waals surface area (Å²) in [5.74, 6) is 1.57. The minimum atomic E-state index is -0.110. The fourth-order valence-corrected chi connectivity index (χ4v) is 2.81. The quantitative estimate of drug-likeness (QED) is 0.548. The molecule has 3 aromatic rings. The van der Waals surface area contributed by atoms with E-state index in [0.717, 1.165) is 22.8 Å². The number of aromatic nitrogens is 2. The van der Waals surface area contributed by atoms with Gasteiger partial charge < -0.3 is 20.7 Å². The number of halogens is 1. The van der Waals surface area contributed by atoms with Crippen molar-refractivity contribution in [3.63, 3.8) is 0 Å². The van der Waals surface area contributed by atoms with E-state index in [1.165, 1.54) is 6.92 Å². The first kappa shape index (κ1) is 19.4. The van der Waals surface area contributed by atoms with Crippen molar-refractivity contribution in [2.24, 2.45) is 0 Å². The lowest BCUT2D eigenvalue weighted by Gasteiger charge is -2.11. The molecule has 3 N–H and O–H groups in total. The molecule has 3 rings (SSSR count). The monoisotopic (exact) mass is 397 g/mol. The van der Waals surface area contributed by atoms with Crippen LogP contribution in [0, 0.1) is 6.92 Å². The van der Waals surface area contributed by atoms with Crippen LogP contribution in [-0.4, -0.2) is 23.0 Å². The van der Waals surface area contributed by atoms with Crippen molar-refractivity contribution in [3.05, 3.63) is 59.2 Å². The first-order valence-electron chi connectivity index (χ1n) is 8.54. The molecule has 1 amide bonds. The summed E-state index contributed by atoms with van der Waals surface area (Å²) < 4.78 is 5.16. The zero-order chi connectivity index (χ0) is 20.1. The van der Waals surface area contributed by atoms with Gasteiger partial charge in [-0.05, 0) is 49.4 Å². The Hall–Kier alpha value is -3.32. The molecule has 0 saturated carbocycles. The predicted molar refractivity (Wildman–Crippen MR) is 112 cm³/mol. The van der Waals surface area contributed by atoms with Crippen LogP contribution in [0.1, 0.15) is 12.6 Å². The number of benzene rings is 2. The second-order valence-corrected chi connectivity index (χ2v) is 6.48. The number of aryl methyl sites for hydroxylation is 1. The van der Waals surface area contributed by atoms with Crippen molar-refractivity contribution in [2.45, 2.75) is 13.8 Å². The second kappa shape index (κ2) is 8.58. The van der Waals surface area contributed by atoms with Crippen LogP contribution in [-0.2, 0) is 4.79 Å². The van der Waals surface area contributed by atoms with Crippen molar-refractivity contribution < 1.29 is 9.53 Å². The van der Waals surface area contributed by atoms with E-state index in [0.29, 0.717) is 22.5 Å². The lowest BCUT2D eigenvalue weighted by molar-refractivity contribution is -0.114. The lowest BCUT2D eigenvalue weighted by Crippen LogP contribution is -2.05. The number of ether oxygens (including phenoxy) is 1. The maximum absolute atomic E-state index is 11.1. The molecule has 1 aromatic heterocycles. The molecule has 0 aliphatic heterocycles. The summed E-state index contributed by atoms with van der Waals surface area (Å²) in [7, 11) is 1.57. The standard InChI is InChI=1S/C20H20ClN5O2/c1-12-10-19(24-15-6-4-14(5-7-15)23-13(2)27)26-20(22-12)25-16-8-9-18(28-3)17(21)11-16/h4-11H,1-3H3,(H,23,27)(H2,22,24,25,26). The van der Waals surface area contributed by atoms with Crippen molar-refractivity contribution >= 4 is 46.3 Å². The number of hydrogen-bond donors (Lipinski definition) is 3. The number of nitrogens with zero attached hydrogens (tertiary/aromatic N) is 2. The molecule has 0 bridgehead atoms. The molecule has 0 unspecified atom stereocenters. The molecular weight excluding hydrogens is 378 g/mol. The van der Waals surface area contributed by atoms with Crippen molar-refractivity contribution in [1.82, 2.24) is 9.97 Å². The number of methoxy groups -OCH3 is 1. The molecule has 1 heterocycles. The normalized spacial score (nSPS) is 10.3. The highest BCUT2D eigenvalue weighted by Crippen LogP contribution is 2.28. The Morgan fingerprint density at radius 3 is 2.29 bits per heavy atom. The van der Waals surface area contributed by atoms with Crippen LogP contribution in [0.5, 0.6) is 5.75 Å². The first-order chi connectivity index (χ1) is 13.4. The summed E-state index contributed by atoms with van der Waals surface area (Å²) in [6.45, 7) is 3.36. The second-order valence-electron chi connectivity index (χ2n) is 6.08. The van der Waals surface area contributed by atoms with E-state index < -0.39 is 0 Å². The van der Waals surface area contributed by atoms with Gasteiger partial charge in [0.25, 0.3) is 0 Å². The minimum absolute atomic E-state index is 0.110. The molecule has 8 heteroatoms. The van der Waals surface area contributed by atoms with E-state index in [4.69, 9.17) is 16.3 Å². The van der Waals surface area contributed by atoms with Crippen LogP contribution in [0.4, 0.5) is 28.8 Å². The van der Waals surface area contributed by atoms with Gasteiger partial charge in [0.2, 0.25) is 11.9 Å². The SMILES string of the molecule is COc1ccc(Nc2nc(C)cc(Nc3ccc(NC(C)=O)cc3)n2)cc1Cl. The Kier molecular flexibility index (Phi) is 5.96. The summed E-state index contributed by atoms with van der Waals surface area (Å²) in [5.41, 5.74) is 3.12. The zero-order valence-electron chi connectivity index (χ0n) is 15.7. The first-order valence-corrected chi connectivity index (χ1v) is 8.91. The van der Waals surface area contributed by atoms with Gasteiger partial charge in [-0.3, -0.25) is 4.79 Å². The number of anilines is 5. The van der Waals surface area contributed by atoms with Crippen LogP contribution in [0.15, 0.2) is 48.5 Å². The molecule has 0 spiro atoms. The number of nitrogens with one attached hydrogen (secondary N) is 3. The third-order valence-electron chi connectivity index (χ3n) is 3.74. The van der Waals surface area contributed by atoms with E-state index in [1.807, 2.05) is 43.3 Å². The fraction of sp³-hybridized carbons (Fsp3) is 0.150. The topological polar surface area (TPSA) is 88.2 Å². The minimum Gasteiger partial charge on any atom is -0.495 e. The summed E-state index contributed by atoms with van der Waals surface area (Å²) >= 11 is 6.17.